The molecule has 1 fully saturated rings. The molecule has 0 aromatic rings. The van der Waals surface area contributed by atoms with E-state index in [0.717, 1.165) is 26.2 Å². The Morgan fingerprint density at radius 2 is 1.86 bits per heavy atom. The van der Waals surface area contributed by atoms with Gasteiger partial charge in [0.05, 0.1) is 13.2 Å². The van der Waals surface area contributed by atoms with Crippen molar-refractivity contribution in [2.45, 2.75) is 39.4 Å². The zero-order chi connectivity index (χ0) is 10.4. The van der Waals surface area contributed by atoms with Gasteiger partial charge in [-0.05, 0) is 32.9 Å². The van der Waals surface area contributed by atoms with Crippen LogP contribution in [-0.2, 0) is 9.47 Å². The van der Waals surface area contributed by atoms with Crippen LogP contribution in [0.4, 0.5) is 0 Å². The van der Waals surface area contributed by atoms with Gasteiger partial charge >= 0.3 is 0 Å². The fraction of sp³-hybridized carbons (Fsp3) is 1.00. The van der Waals surface area contributed by atoms with Crippen molar-refractivity contribution in [3.05, 3.63) is 0 Å². The molecule has 84 valence electrons. The minimum atomic E-state index is 0.0416. The van der Waals surface area contributed by atoms with E-state index in [0.29, 0.717) is 0 Å². The minimum absolute atomic E-state index is 0.0416. The summed E-state index contributed by atoms with van der Waals surface area (Å²) in [7, 11) is 1.98. The summed E-state index contributed by atoms with van der Waals surface area (Å²) in [6.45, 7) is 7.07. The van der Waals surface area contributed by atoms with Gasteiger partial charge < -0.3 is 14.8 Å². The second kappa shape index (κ2) is 5.69. The zero-order valence-corrected chi connectivity index (χ0v) is 9.64. The summed E-state index contributed by atoms with van der Waals surface area (Å²) in [6, 6.07) is 0. The molecule has 0 spiro atoms. The fourth-order valence-electron chi connectivity index (χ4n) is 1.51. The van der Waals surface area contributed by atoms with Crippen LogP contribution in [0.1, 0.15) is 33.1 Å². The summed E-state index contributed by atoms with van der Waals surface area (Å²) in [5.74, 6) is 0. The van der Waals surface area contributed by atoms with E-state index in [-0.39, 0.29) is 11.7 Å². The van der Waals surface area contributed by atoms with E-state index in [1.54, 1.807) is 0 Å². The van der Waals surface area contributed by atoms with E-state index in [1.165, 1.54) is 12.8 Å². The lowest BCUT2D eigenvalue weighted by Gasteiger charge is -2.34. The van der Waals surface area contributed by atoms with Gasteiger partial charge in [0.2, 0.25) is 0 Å². The van der Waals surface area contributed by atoms with Crippen molar-refractivity contribution >= 4 is 0 Å². The lowest BCUT2D eigenvalue weighted by molar-refractivity contribution is -0.224. The maximum absolute atomic E-state index is 5.63. The minimum Gasteiger partial charge on any atom is -0.352 e. The van der Waals surface area contributed by atoms with Gasteiger partial charge in [-0.25, -0.2) is 0 Å². The first kappa shape index (κ1) is 12.0. The van der Waals surface area contributed by atoms with Gasteiger partial charge in [0.1, 0.15) is 0 Å². The Morgan fingerprint density at radius 3 is 2.43 bits per heavy atom. The van der Waals surface area contributed by atoms with E-state index in [4.69, 9.17) is 9.47 Å². The van der Waals surface area contributed by atoms with Crippen LogP contribution in [0, 0.1) is 5.41 Å². The average molecular weight is 201 g/mol. The smallest absolute Gasteiger partial charge is 0.157 e. The number of nitrogens with one attached hydrogen (secondary N) is 1. The molecule has 1 rings (SSSR count). The van der Waals surface area contributed by atoms with Gasteiger partial charge in [0.15, 0.2) is 6.29 Å². The third-order valence-electron chi connectivity index (χ3n) is 2.44. The summed E-state index contributed by atoms with van der Waals surface area (Å²) in [5.41, 5.74) is 0.196. The summed E-state index contributed by atoms with van der Waals surface area (Å²) in [5, 5.41) is 3.14. The monoisotopic (exact) mass is 201 g/mol. The maximum Gasteiger partial charge on any atom is 0.157 e. The van der Waals surface area contributed by atoms with Crippen LogP contribution in [-0.4, -0.2) is 33.1 Å². The number of ether oxygens (including phenoxy) is 2. The van der Waals surface area contributed by atoms with Crippen molar-refractivity contribution in [2.75, 3.05) is 26.8 Å². The van der Waals surface area contributed by atoms with Crippen LogP contribution in [0.3, 0.4) is 0 Å². The van der Waals surface area contributed by atoms with Gasteiger partial charge in [-0.2, -0.15) is 0 Å². The van der Waals surface area contributed by atoms with E-state index >= 15 is 0 Å². The van der Waals surface area contributed by atoms with Crippen molar-refractivity contribution < 1.29 is 9.47 Å². The largest absolute Gasteiger partial charge is 0.352 e. The quantitative estimate of drug-likeness (QED) is 0.688. The zero-order valence-electron chi connectivity index (χ0n) is 9.64. The molecule has 0 unspecified atom stereocenters. The molecule has 0 aromatic carbocycles. The number of unbranched alkanes of at least 4 members (excludes halogenated alkanes) is 1. The van der Waals surface area contributed by atoms with Gasteiger partial charge in [-0.1, -0.05) is 13.8 Å². The molecule has 14 heavy (non-hydrogen) atoms. The Bertz CT molecular complexity index is 149. The molecule has 0 bridgehead atoms. The molecule has 3 nitrogen and oxygen atoms in total. The molecule has 3 heteroatoms. The van der Waals surface area contributed by atoms with Crippen molar-refractivity contribution in [1.29, 1.82) is 0 Å². The first-order chi connectivity index (χ1) is 6.64. The molecular formula is C11H23NO2. The summed E-state index contributed by atoms with van der Waals surface area (Å²) >= 11 is 0. The second-order valence-corrected chi connectivity index (χ2v) is 4.82. The van der Waals surface area contributed by atoms with Gasteiger partial charge in [0.25, 0.3) is 0 Å². The van der Waals surface area contributed by atoms with Crippen molar-refractivity contribution in [3.8, 4) is 0 Å². The molecule has 1 aliphatic heterocycles. The normalized spacial score (nSPS) is 22.5. The first-order valence-electron chi connectivity index (χ1n) is 5.52. The Hall–Kier alpha value is -0.120. The average Bonchev–Trinajstić information content (AvgIpc) is 2.15. The predicted molar refractivity (Wildman–Crippen MR) is 57.3 cm³/mol. The molecule has 0 aliphatic carbocycles. The molecular weight excluding hydrogens is 178 g/mol. The lowest BCUT2D eigenvalue weighted by atomic mass is 9.95. The standard InChI is InChI=1S/C11H23NO2/c1-11(2)8-13-10(14-9-11)6-4-5-7-12-3/h10,12H,4-9H2,1-3H3. The molecule has 0 amide bonds. The van der Waals surface area contributed by atoms with Gasteiger partial charge in [0, 0.05) is 5.41 Å². The third kappa shape index (κ3) is 4.40. The fourth-order valence-corrected chi connectivity index (χ4v) is 1.51. The Kier molecular flexibility index (Phi) is 4.85. The van der Waals surface area contributed by atoms with Crippen molar-refractivity contribution in [2.24, 2.45) is 5.41 Å². The molecule has 0 saturated carbocycles. The van der Waals surface area contributed by atoms with Crippen LogP contribution < -0.4 is 5.32 Å². The lowest BCUT2D eigenvalue weighted by Crippen LogP contribution is -2.37. The van der Waals surface area contributed by atoms with Gasteiger partial charge in [-0.3, -0.25) is 0 Å². The molecule has 1 N–H and O–H groups in total. The Balaban J connectivity index is 2.04. The van der Waals surface area contributed by atoms with E-state index in [2.05, 4.69) is 19.2 Å². The highest BCUT2D eigenvalue weighted by Gasteiger charge is 2.27. The highest BCUT2D eigenvalue weighted by atomic mass is 16.7. The Labute approximate surface area is 87.2 Å². The van der Waals surface area contributed by atoms with Crippen LogP contribution in [0.15, 0.2) is 0 Å². The predicted octanol–water partition coefficient (Wildman–Crippen LogP) is 1.78. The van der Waals surface area contributed by atoms with Crippen LogP contribution in [0.25, 0.3) is 0 Å². The molecule has 0 radical (unpaired) electrons. The first-order valence-corrected chi connectivity index (χ1v) is 5.52. The van der Waals surface area contributed by atoms with E-state index in [9.17, 15) is 0 Å². The molecule has 0 aromatic heterocycles. The van der Waals surface area contributed by atoms with Crippen LogP contribution >= 0.6 is 0 Å². The van der Waals surface area contributed by atoms with E-state index < -0.39 is 0 Å². The third-order valence-corrected chi connectivity index (χ3v) is 2.44. The molecule has 1 saturated heterocycles. The van der Waals surface area contributed by atoms with Crippen LogP contribution in [0.2, 0.25) is 0 Å². The molecule has 1 aliphatic rings. The highest BCUT2D eigenvalue weighted by molar-refractivity contribution is 4.71. The summed E-state index contributed by atoms with van der Waals surface area (Å²) in [4.78, 5) is 0. The summed E-state index contributed by atoms with van der Waals surface area (Å²) in [6.07, 6.45) is 3.44. The Morgan fingerprint density at radius 1 is 1.21 bits per heavy atom. The number of hydrogen-bond donors (Lipinski definition) is 1. The van der Waals surface area contributed by atoms with E-state index in [1.807, 2.05) is 7.05 Å². The number of rotatable bonds is 5. The number of hydrogen-bond acceptors (Lipinski definition) is 3. The highest BCUT2D eigenvalue weighted by Crippen LogP contribution is 2.24. The maximum atomic E-state index is 5.63. The van der Waals surface area contributed by atoms with Crippen molar-refractivity contribution in [3.63, 3.8) is 0 Å². The topological polar surface area (TPSA) is 30.5 Å². The van der Waals surface area contributed by atoms with Crippen LogP contribution in [0.5, 0.6) is 0 Å². The summed E-state index contributed by atoms with van der Waals surface area (Å²) < 4.78 is 11.3. The molecule has 1 heterocycles. The van der Waals surface area contributed by atoms with Crippen molar-refractivity contribution in [1.82, 2.24) is 5.32 Å². The SMILES string of the molecule is CNCCCCC1OCC(C)(C)CO1. The second-order valence-electron chi connectivity index (χ2n) is 4.82. The van der Waals surface area contributed by atoms with Gasteiger partial charge in [-0.15, -0.1) is 0 Å². The molecule has 0 atom stereocenters.